The third-order valence-electron chi connectivity index (χ3n) is 3.47. The summed E-state index contributed by atoms with van der Waals surface area (Å²) < 4.78 is 6.40. The maximum atomic E-state index is 11.4. The third-order valence-corrected chi connectivity index (χ3v) is 3.96. The van der Waals surface area contributed by atoms with Crippen molar-refractivity contribution >= 4 is 32.7 Å². The number of benzene rings is 2. The minimum Gasteiger partial charge on any atom is -0.496 e. The predicted octanol–water partition coefficient (Wildman–Crippen LogP) is 4.26. The normalized spacial score (nSPS) is 11.6. The SMILES string of the molecule is COc1ccc2cc(Br)ccc2c1CC(C)(C)C(=O)O. The number of methoxy groups -OCH3 is 1. The van der Waals surface area contributed by atoms with Gasteiger partial charge in [0.2, 0.25) is 0 Å². The molecule has 2 aromatic carbocycles. The molecule has 3 nitrogen and oxygen atoms in total. The second kappa shape index (κ2) is 5.44. The Kier molecular flexibility index (Phi) is 4.04. The number of aliphatic carboxylic acids is 1. The third kappa shape index (κ3) is 2.80. The second-order valence-electron chi connectivity index (χ2n) is 5.48. The number of rotatable bonds is 4. The van der Waals surface area contributed by atoms with Crippen LogP contribution in [0.25, 0.3) is 10.8 Å². The molecule has 0 bridgehead atoms. The number of halogens is 1. The number of hydrogen-bond donors (Lipinski definition) is 1. The summed E-state index contributed by atoms with van der Waals surface area (Å²) >= 11 is 3.45. The lowest BCUT2D eigenvalue weighted by Gasteiger charge is -2.22. The van der Waals surface area contributed by atoms with Crippen LogP contribution in [0.4, 0.5) is 0 Å². The number of carboxylic acids is 1. The molecule has 0 amide bonds. The van der Waals surface area contributed by atoms with Gasteiger partial charge in [-0.15, -0.1) is 0 Å². The van der Waals surface area contributed by atoms with Crippen molar-refractivity contribution in [2.24, 2.45) is 5.41 Å². The number of carbonyl (C=O) groups is 1. The van der Waals surface area contributed by atoms with Crippen LogP contribution >= 0.6 is 15.9 Å². The summed E-state index contributed by atoms with van der Waals surface area (Å²) in [5, 5.41) is 11.4. The van der Waals surface area contributed by atoms with Crippen molar-refractivity contribution in [1.29, 1.82) is 0 Å². The summed E-state index contributed by atoms with van der Waals surface area (Å²) in [5.74, 6) is -0.0807. The summed E-state index contributed by atoms with van der Waals surface area (Å²) in [5.41, 5.74) is 0.0964. The fourth-order valence-electron chi connectivity index (χ4n) is 2.24. The Morgan fingerprint density at radius 1 is 1.30 bits per heavy atom. The van der Waals surface area contributed by atoms with E-state index in [1.807, 2.05) is 30.3 Å². The van der Waals surface area contributed by atoms with Crippen LogP contribution in [0.15, 0.2) is 34.8 Å². The zero-order valence-electron chi connectivity index (χ0n) is 11.7. The first-order chi connectivity index (χ1) is 9.35. The van der Waals surface area contributed by atoms with Crippen molar-refractivity contribution in [2.45, 2.75) is 20.3 Å². The first kappa shape index (κ1) is 14.9. The Labute approximate surface area is 126 Å². The van der Waals surface area contributed by atoms with Crippen LogP contribution in [0.3, 0.4) is 0 Å². The van der Waals surface area contributed by atoms with Crippen molar-refractivity contribution < 1.29 is 14.6 Å². The van der Waals surface area contributed by atoms with Crippen molar-refractivity contribution in [3.8, 4) is 5.75 Å². The summed E-state index contributed by atoms with van der Waals surface area (Å²) in [6.07, 6.45) is 0.421. The van der Waals surface area contributed by atoms with Crippen molar-refractivity contribution in [3.63, 3.8) is 0 Å². The summed E-state index contributed by atoms with van der Waals surface area (Å²) in [4.78, 5) is 11.4. The highest BCUT2D eigenvalue weighted by Gasteiger charge is 2.29. The van der Waals surface area contributed by atoms with Gasteiger partial charge in [-0.3, -0.25) is 4.79 Å². The Hall–Kier alpha value is -1.55. The van der Waals surface area contributed by atoms with E-state index in [1.165, 1.54) is 0 Å². The smallest absolute Gasteiger partial charge is 0.309 e. The van der Waals surface area contributed by atoms with Gasteiger partial charge in [0.1, 0.15) is 5.75 Å². The highest BCUT2D eigenvalue weighted by atomic mass is 79.9. The standard InChI is InChI=1S/C16H17BrO3/c1-16(2,15(18)19)9-13-12-6-5-11(17)8-10(12)4-7-14(13)20-3/h4-8H,9H2,1-3H3,(H,18,19). The van der Waals surface area contributed by atoms with Crippen molar-refractivity contribution in [2.75, 3.05) is 7.11 Å². The average Bonchev–Trinajstić information content (AvgIpc) is 2.38. The lowest BCUT2D eigenvalue weighted by Crippen LogP contribution is -2.26. The van der Waals surface area contributed by atoms with Gasteiger partial charge in [0.25, 0.3) is 0 Å². The number of ether oxygens (including phenoxy) is 1. The van der Waals surface area contributed by atoms with E-state index in [0.717, 1.165) is 26.6 Å². The molecule has 0 radical (unpaired) electrons. The molecule has 2 rings (SSSR count). The molecule has 106 valence electrons. The van der Waals surface area contributed by atoms with Crippen LogP contribution in [0.1, 0.15) is 19.4 Å². The van der Waals surface area contributed by atoms with Gasteiger partial charge in [0.15, 0.2) is 0 Å². The molecule has 0 atom stereocenters. The molecule has 0 unspecified atom stereocenters. The zero-order valence-corrected chi connectivity index (χ0v) is 13.3. The quantitative estimate of drug-likeness (QED) is 0.907. The lowest BCUT2D eigenvalue weighted by molar-refractivity contribution is -0.146. The van der Waals surface area contributed by atoms with Gasteiger partial charge in [-0.1, -0.05) is 28.1 Å². The first-order valence-corrected chi connectivity index (χ1v) is 7.13. The molecule has 0 aliphatic carbocycles. The van der Waals surface area contributed by atoms with Crippen molar-refractivity contribution in [3.05, 3.63) is 40.4 Å². The molecule has 0 aromatic heterocycles. The number of fused-ring (bicyclic) bond motifs is 1. The van der Waals surface area contributed by atoms with Gasteiger partial charge >= 0.3 is 5.97 Å². The van der Waals surface area contributed by atoms with Crippen LogP contribution in [-0.4, -0.2) is 18.2 Å². The summed E-state index contributed by atoms with van der Waals surface area (Å²) in [7, 11) is 1.61. The van der Waals surface area contributed by atoms with E-state index in [9.17, 15) is 9.90 Å². The molecule has 0 spiro atoms. The molecule has 2 aromatic rings. The topological polar surface area (TPSA) is 46.5 Å². The molecule has 0 saturated heterocycles. The molecule has 0 saturated carbocycles. The van der Waals surface area contributed by atoms with E-state index in [0.29, 0.717) is 6.42 Å². The molecule has 4 heteroatoms. The van der Waals surface area contributed by atoms with Gasteiger partial charge in [-0.2, -0.15) is 0 Å². The van der Waals surface area contributed by atoms with Crippen LogP contribution in [-0.2, 0) is 11.2 Å². The van der Waals surface area contributed by atoms with Gasteiger partial charge in [0.05, 0.1) is 12.5 Å². The van der Waals surface area contributed by atoms with E-state index >= 15 is 0 Å². The molecule has 1 N–H and O–H groups in total. The average molecular weight is 337 g/mol. The van der Waals surface area contributed by atoms with E-state index < -0.39 is 11.4 Å². The van der Waals surface area contributed by atoms with Crippen LogP contribution in [0, 0.1) is 5.41 Å². The maximum Gasteiger partial charge on any atom is 0.309 e. The zero-order chi connectivity index (χ0) is 14.9. The second-order valence-corrected chi connectivity index (χ2v) is 6.39. The monoisotopic (exact) mass is 336 g/mol. The molecular formula is C16H17BrO3. The fourth-order valence-corrected chi connectivity index (χ4v) is 2.62. The molecule has 0 aliphatic rings. The van der Waals surface area contributed by atoms with E-state index in [4.69, 9.17) is 4.74 Å². The molecule has 0 aliphatic heterocycles. The molecule has 0 heterocycles. The van der Waals surface area contributed by atoms with E-state index in [-0.39, 0.29) is 0 Å². The minimum absolute atomic E-state index is 0.421. The largest absolute Gasteiger partial charge is 0.496 e. The highest BCUT2D eigenvalue weighted by molar-refractivity contribution is 9.10. The predicted molar refractivity (Wildman–Crippen MR) is 83.3 cm³/mol. The van der Waals surface area contributed by atoms with Gasteiger partial charge in [-0.25, -0.2) is 0 Å². The van der Waals surface area contributed by atoms with Crippen molar-refractivity contribution in [1.82, 2.24) is 0 Å². The Morgan fingerprint density at radius 3 is 2.60 bits per heavy atom. The van der Waals surface area contributed by atoms with Crippen LogP contribution in [0.2, 0.25) is 0 Å². The fraction of sp³-hybridized carbons (Fsp3) is 0.312. The Bertz CT molecular complexity index is 662. The van der Waals surface area contributed by atoms with Gasteiger partial charge < -0.3 is 9.84 Å². The van der Waals surface area contributed by atoms with Gasteiger partial charge in [0, 0.05) is 10.0 Å². The summed E-state index contributed by atoms with van der Waals surface area (Å²) in [6.45, 7) is 3.46. The Balaban J connectivity index is 2.62. The molecular weight excluding hydrogens is 320 g/mol. The molecule has 0 fully saturated rings. The summed E-state index contributed by atoms with van der Waals surface area (Å²) in [6, 6.07) is 9.85. The minimum atomic E-state index is -0.839. The maximum absolute atomic E-state index is 11.4. The van der Waals surface area contributed by atoms with E-state index in [1.54, 1.807) is 21.0 Å². The molecule has 20 heavy (non-hydrogen) atoms. The number of hydrogen-bond acceptors (Lipinski definition) is 2. The Morgan fingerprint density at radius 2 is 2.00 bits per heavy atom. The number of carboxylic acid groups (broad SMARTS) is 1. The van der Waals surface area contributed by atoms with Gasteiger partial charge in [-0.05, 0) is 49.2 Å². The van der Waals surface area contributed by atoms with Crippen LogP contribution in [0.5, 0.6) is 5.75 Å². The first-order valence-electron chi connectivity index (χ1n) is 6.33. The van der Waals surface area contributed by atoms with Crippen LogP contribution < -0.4 is 4.74 Å². The highest BCUT2D eigenvalue weighted by Crippen LogP contribution is 2.35. The lowest BCUT2D eigenvalue weighted by atomic mass is 9.84. The van der Waals surface area contributed by atoms with E-state index in [2.05, 4.69) is 15.9 Å².